The lowest BCUT2D eigenvalue weighted by molar-refractivity contribution is 0.0947. The highest BCUT2D eigenvalue weighted by Gasteiger charge is 2.21. The van der Waals surface area contributed by atoms with Gasteiger partial charge < -0.3 is 10.1 Å². The zero-order valence-corrected chi connectivity index (χ0v) is 14.6. The van der Waals surface area contributed by atoms with Crippen molar-refractivity contribution in [1.82, 2.24) is 9.62 Å². The van der Waals surface area contributed by atoms with E-state index in [-0.39, 0.29) is 10.5 Å². The fourth-order valence-electron chi connectivity index (χ4n) is 2.11. The Kier molecular flexibility index (Phi) is 5.58. The molecule has 0 aliphatic heterocycles. The number of carbonyl (C=O) groups is 1. The average Bonchev–Trinajstić information content (AvgIpc) is 2.59. The first-order valence-electron chi connectivity index (χ1n) is 7.29. The number of rotatable bonds is 6. The summed E-state index contributed by atoms with van der Waals surface area (Å²) in [6.45, 7) is 0.341. The van der Waals surface area contributed by atoms with E-state index >= 15 is 0 Å². The van der Waals surface area contributed by atoms with Crippen LogP contribution < -0.4 is 10.1 Å². The highest BCUT2D eigenvalue weighted by Crippen LogP contribution is 2.24. The van der Waals surface area contributed by atoms with Crippen LogP contribution in [-0.4, -0.2) is 39.8 Å². The zero-order valence-electron chi connectivity index (χ0n) is 13.8. The van der Waals surface area contributed by atoms with Crippen molar-refractivity contribution in [3.05, 3.63) is 59.7 Å². The van der Waals surface area contributed by atoms with Crippen LogP contribution in [0.15, 0.2) is 53.4 Å². The number of amides is 1. The molecular formula is C17H20N2O4S. The Hall–Kier alpha value is -2.38. The summed E-state index contributed by atoms with van der Waals surface area (Å²) in [6.07, 6.45) is 0. The molecule has 0 radical (unpaired) electrons. The maximum Gasteiger partial charge on any atom is 0.255 e. The third kappa shape index (κ3) is 3.93. The van der Waals surface area contributed by atoms with E-state index < -0.39 is 15.9 Å². The highest BCUT2D eigenvalue weighted by atomic mass is 32.2. The number of sulfonamides is 1. The lowest BCUT2D eigenvalue weighted by atomic mass is 10.1. The van der Waals surface area contributed by atoms with Gasteiger partial charge in [0.05, 0.1) is 17.6 Å². The van der Waals surface area contributed by atoms with Crippen molar-refractivity contribution in [2.75, 3.05) is 21.2 Å². The molecule has 128 valence electrons. The maximum absolute atomic E-state index is 12.4. The van der Waals surface area contributed by atoms with Gasteiger partial charge in [0.1, 0.15) is 5.75 Å². The molecule has 0 atom stereocenters. The summed E-state index contributed by atoms with van der Waals surface area (Å²) in [7, 11) is 0.685. The van der Waals surface area contributed by atoms with Crippen LogP contribution in [-0.2, 0) is 16.6 Å². The molecule has 0 saturated heterocycles. The van der Waals surface area contributed by atoms with Gasteiger partial charge in [-0.2, -0.15) is 0 Å². The first-order valence-corrected chi connectivity index (χ1v) is 8.73. The number of carbonyl (C=O) groups excluding carboxylic acids is 1. The Morgan fingerprint density at radius 3 is 2.38 bits per heavy atom. The molecule has 6 nitrogen and oxygen atoms in total. The summed E-state index contributed by atoms with van der Waals surface area (Å²) < 4.78 is 30.8. The summed E-state index contributed by atoms with van der Waals surface area (Å²) in [4.78, 5) is 12.5. The van der Waals surface area contributed by atoms with E-state index in [0.717, 1.165) is 9.87 Å². The molecule has 0 saturated carbocycles. The van der Waals surface area contributed by atoms with Crippen LogP contribution in [0.4, 0.5) is 0 Å². The van der Waals surface area contributed by atoms with Crippen molar-refractivity contribution < 1.29 is 17.9 Å². The Balaban J connectivity index is 2.28. The van der Waals surface area contributed by atoms with Crippen LogP contribution in [0.2, 0.25) is 0 Å². The largest absolute Gasteiger partial charge is 0.496 e. The van der Waals surface area contributed by atoms with Crippen molar-refractivity contribution in [2.45, 2.75) is 11.4 Å². The molecule has 7 heteroatoms. The SMILES string of the molecule is COc1ccc(S(=O)(=O)N(C)C)cc1C(=O)NCc1ccccc1. The molecule has 0 heterocycles. The first kappa shape index (κ1) is 18.0. The van der Waals surface area contributed by atoms with Gasteiger partial charge in [-0.15, -0.1) is 0 Å². The van der Waals surface area contributed by atoms with Crippen LogP contribution in [0, 0.1) is 0 Å². The van der Waals surface area contributed by atoms with E-state index in [4.69, 9.17) is 4.74 Å². The molecule has 0 bridgehead atoms. The molecule has 0 spiro atoms. The van der Waals surface area contributed by atoms with Crippen LogP contribution >= 0.6 is 0 Å². The second kappa shape index (κ2) is 7.46. The predicted octanol–water partition coefficient (Wildman–Crippen LogP) is 1.88. The summed E-state index contributed by atoms with van der Waals surface area (Å²) in [5, 5.41) is 2.77. The third-order valence-corrected chi connectivity index (χ3v) is 5.30. The monoisotopic (exact) mass is 348 g/mol. The summed E-state index contributed by atoms with van der Waals surface area (Å²) >= 11 is 0. The van der Waals surface area contributed by atoms with Crippen LogP contribution in [0.25, 0.3) is 0 Å². The normalized spacial score (nSPS) is 11.3. The number of hydrogen-bond donors (Lipinski definition) is 1. The Morgan fingerprint density at radius 2 is 1.79 bits per heavy atom. The van der Waals surface area contributed by atoms with Gasteiger partial charge in [0.2, 0.25) is 10.0 Å². The summed E-state index contributed by atoms with van der Waals surface area (Å²) in [6, 6.07) is 13.7. The smallest absolute Gasteiger partial charge is 0.255 e. The average molecular weight is 348 g/mol. The van der Waals surface area contributed by atoms with Crippen molar-refractivity contribution in [3.63, 3.8) is 0 Å². The van der Waals surface area contributed by atoms with E-state index in [2.05, 4.69) is 5.32 Å². The molecule has 24 heavy (non-hydrogen) atoms. The van der Waals surface area contributed by atoms with Gasteiger partial charge in [-0.25, -0.2) is 12.7 Å². The van der Waals surface area contributed by atoms with Crippen molar-refractivity contribution in [1.29, 1.82) is 0 Å². The van der Waals surface area contributed by atoms with Crippen molar-refractivity contribution >= 4 is 15.9 Å². The van der Waals surface area contributed by atoms with Gasteiger partial charge in [-0.3, -0.25) is 4.79 Å². The fourth-order valence-corrected chi connectivity index (χ4v) is 3.04. The molecular weight excluding hydrogens is 328 g/mol. The van der Waals surface area contributed by atoms with Crippen LogP contribution in [0.5, 0.6) is 5.75 Å². The summed E-state index contributed by atoms with van der Waals surface area (Å²) in [5.74, 6) is -0.0789. The van der Waals surface area contributed by atoms with Gasteiger partial charge >= 0.3 is 0 Å². The van der Waals surface area contributed by atoms with E-state index in [0.29, 0.717) is 12.3 Å². The minimum absolute atomic E-state index is 0.0400. The van der Waals surface area contributed by atoms with Crippen LogP contribution in [0.1, 0.15) is 15.9 Å². The first-order chi connectivity index (χ1) is 11.4. The molecule has 1 amide bonds. The minimum atomic E-state index is -3.63. The number of nitrogens with zero attached hydrogens (tertiary/aromatic N) is 1. The number of hydrogen-bond acceptors (Lipinski definition) is 4. The van der Waals surface area contributed by atoms with Crippen molar-refractivity contribution in [2.24, 2.45) is 0 Å². The van der Waals surface area contributed by atoms with Gasteiger partial charge in [0.25, 0.3) is 5.91 Å². The van der Waals surface area contributed by atoms with Gasteiger partial charge in [0.15, 0.2) is 0 Å². The third-order valence-electron chi connectivity index (χ3n) is 3.49. The Morgan fingerprint density at radius 1 is 1.12 bits per heavy atom. The molecule has 2 rings (SSSR count). The highest BCUT2D eigenvalue weighted by molar-refractivity contribution is 7.89. The molecule has 2 aromatic rings. The van der Waals surface area contributed by atoms with Crippen molar-refractivity contribution in [3.8, 4) is 5.75 Å². The standard InChI is InChI=1S/C17H20N2O4S/c1-19(2)24(21,22)14-9-10-16(23-3)15(11-14)17(20)18-12-13-7-5-4-6-8-13/h4-11H,12H2,1-3H3,(H,18,20). The Labute approximate surface area is 142 Å². The number of nitrogens with one attached hydrogen (secondary N) is 1. The summed E-state index contributed by atoms with van der Waals surface area (Å²) in [5.41, 5.74) is 1.12. The molecule has 0 aromatic heterocycles. The molecule has 0 aliphatic rings. The maximum atomic E-state index is 12.4. The molecule has 0 aliphatic carbocycles. The van der Waals surface area contributed by atoms with E-state index in [9.17, 15) is 13.2 Å². The van der Waals surface area contributed by atoms with Gasteiger partial charge in [-0.05, 0) is 23.8 Å². The zero-order chi connectivity index (χ0) is 17.7. The fraction of sp³-hybridized carbons (Fsp3) is 0.235. The molecule has 0 fully saturated rings. The van der Waals surface area contributed by atoms with Gasteiger partial charge in [0, 0.05) is 20.6 Å². The molecule has 1 N–H and O–H groups in total. The second-order valence-electron chi connectivity index (χ2n) is 5.32. The van der Waals surface area contributed by atoms with E-state index in [1.807, 2.05) is 30.3 Å². The second-order valence-corrected chi connectivity index (χ2v) is 7.47. The quantitative estimate of drug-likeness (QED) is 0.865. The number of ether oxygens (including phenoxy) is 1. The topological polar surface area (TPSA) is 75.7 Å². The lowest BCUT2D eigenvalue weighted by Crippen LogP contribution is -2.25. The lowest BCUT2D eigenvalue weighted by Gasteiger charge is -2.14. The van der Waals surface area contributed by atoms with E-state index in [1.54, 1.807) is 0 Å². The van der Waals surface area contributed by atoms with Crippen LogP contribution in [0.3, 0.4) is 0 Å². The van der Waals surface area contributed by atoms with E-state index in [1.165, 1.54) is 39.4 Å². The number of benzene rings is 2. The number of methoxy groups -OCH3 is 1. The van der Waals surface area contributed by atoms with Gasteiger partial charge in [-0.1, -0.05) is 30.3 Å². The molecule has 0 unspecified atom stereocenters. The predicted molar refractivity (Wildman–Crippen MR) is 91.5 cm³/mol. The molecule has 2 aromatic carbocycles. The Bertz CT molecular complexity index is 818. The minimum Gasteiger partial charge on any atom is -0.496 e.